The largest absolute Gasteiger partial charge is 0.356 e. The SMILES string of the molecule is CCCN1CC(=O)N2C(c3ccc(Br)cc3)c3[nH]c4ccccc4c3C[C@H]2C1=O. The van der Waals surface area contributed by atoms with Gasteiger partial charge in [-0.05, 0) is 35.7 Å². The molecule has 5 nitrogen and oxygen atoms in total. The lowest BCUT2D eigenvalue weighted by Gasteiger charge is -2.47. The number of hydrogen-bond acceptors (Lipinski definition) is 2. The van der Waals surface area contributed by atoms with Gasteiger partial charge in [0.1, 0.15) is 6.04 Å². The molecule has 0 aliphatic carbocycles. The number of piperazine rings is 1. The molecule has 0 spiro atoms. The minimum Gasteiger partial charge on any atom is -0.356 e. The number of amides is 2. The molecule has 2 aliphatic rings. The van der Waals surface area contributed by atoms with Gasteiger partial charge in [-0.3, -0.25) is 9.59 Å². The number of nitrogens with one attached hydrogen (secondary N) is 1. The first-order valence-corrected chi connectivity index (χ1v) is 10.8. The Balaban J connectivity index is 1.70. The van der Waals surface area contributed by atoms with Crippen molar-refractivity contribution in [1.82, 2.24) is 14.8 Å². The van der Waals surface area contributed by atoms with Gasteiger partial charge in [-0.15, -0.1) is 0 Å². The Morgan fingerprint density at radius 1 is 1.10 bits per heavy atom. The molecule has 0 radical (unpaired) electrons. The molecule has 3 aromatic rings. The van der Waals surface area contributed by atoms with Crippen molar-refractivity contribution in [3.63, 3.8) is 0 Å². The van der Waals surface area contributed by atoms with Crippen molar-refractivity contribution in [2.24, 2.45) is 0 Å². The van der Waals surface area contributed by atoms with Crippen LogP contribution in [0.25, 0.3) is 10.9 Å². The third kappa shape index (κ3) is 2.89. The maximum absolute atomic E-state index is 13.3. The Morgan fingerprint density at radius 2 is 1.86 bits per heavy atom. The molecule has 6 heteroatoms. The third-order valence-electron chi connectivity index (χ3n) is 6.02. The summed E-state index contributed by atoms with van der Waals surface area (Å²) >= 11 is 3.50. The molecule has 1 unspecified atom stereocenters. The number of para-hydroxylation sites is 1. The van der Waals surface area contributed by atoms with Crippen LogP contribution in [0.5, 0.6) is 0 Å². The maximum Gasteiger partial charge on any atom is 0.246 e. The average Bonchev–Trinajstić information content (AvgIpc) is 3.10. The van der Waals surface area contributed by atoms with Gasteiger partial charge in [0.2, 0.25) is 11.8 Å². The number of rotatable bonds is 3. The molecule has 2 aliphatic heterocycles. The summed E-state index contributed by atoms with van der Waals surface area (Å²) in [5, 5.41) is 1.14. The van der Waals surface area contributed by atoms with Crippen LogP contribution in [0.2, 0.25) is 0 Å². The standard InChI is InChI=1S/C23H22BrN3O2/c1-2-11-26-13-20(28)27-19(23(26)29)12-17-16-5-3-4-6-18(16)25-21(17)22(27)14-7-9-15(24)10-8-14/h3-10,19,22,25H,2,11-13H2,1H3/t19-,22?/m0/s1. The molecular formula is C23H22BrN3O2. The average molecular weight is 452 g/mol. The van der Waals surface area contributed by atoms with Crippen LogP contribution in [0.1, 0.15) is 36.2 Å². The van der Waals surface area contributed by atoms with Crippen LogP contribution in [0, 0.1) is 0 Å². The van der Waals surface area contributed by atoms with Gasteiger partial charge in [0.15, 0.2) is 0 Å². The molecule has 2 amide bonds. The number of aromatic amines is 1. The first kappa shape index (κ1) is 18.4. The highest BCUT2D eigenvalue weighted by molar-refractivity contribution is 9.10. The fraction of sp³-hybridized carbons (Fsp3) is 0.304. The van der Waals surface area contributed by atoms with Gasteiger partial charge in [-0.1, -0.05) is 53.2 Å². The monoisotopic (exact) mass is 451 g/mol. The Kier molecular flexibility index (Phi) is 4.46. The number of carbonyl (C=O) groups is 2. The molecule has 0 saturated carbocycles. The topological polar surface area (TPSA) is 56.4 Å². The summed E-state index contributed by atoms with van der Waals surface area (Å²) < 4.78 is 0.987. The second kappa shape index (κ2) is 7.02. The zero-order valence-electron chi connectivity index (χ0n) is 16.2. The summed E-state index contributed by atoms with van der Waals surface area (Å²) in [5.41, 5.74) is 4.23. The molecule has 3 heterocycles. The van der Waals surface area contributed by atoms with Crippen LogP contribution < -0.4 is 0 Å². The van der Waals surface area contributed by atoms with Gasteiger partial charge in [0, 0.05) is 34.0 Å². The minimum absolute atomic E-state index is 0.0141. The van der Waals surface area contributed by atoms with Crippen LogP contribution in [-0.4, -0.2) is 45.7 Å². The van der Waals surface area contributed by atoms with Crippen LogP contribution in [-0.2, 0) is 16.0 Å². The fourth-order valence-electron chi connectivity index (χ4n) is 4.77. The first-order chi connectivity index (χ1) is 14.1. The predicted molar refractivity (Wildman–Crippen MR) is 115 cm³/mol. The van der Waals surface area contributed by atoms with Crippen LogP contribution in [0.3, 0.4) is 0 Å². The molecule has 5 rings (SSSR count). The van der Waals surface area contributed by atoms with Crippen molar-refractivity contribution in [2.75, 3.05) is 13.1 Å². The Morgan fingerprint density at radius 3 is 2.62 bits per heavy atom. The third-order valence-corrected chi connectivity index (χ3v) is 6.55. The summed E-state index contributed by atoms with van der Waals surface area (Å²) in [5.74, 6) is 0.0739. The lowest BCUT2D eigenvalue weighted by molar-refractivity contribution is -0.158. The highest BCUT2D eigenvalue weighted by Crippen LogP contribution is 2.42. The van der Waals surface area contributed by atoms with E-state index in [0.29, 0.717) is 13.0 Å². The number of carbonyl (C=O) groups excluding carboxylic acids is 2. The van der Waals surface area contributed by atoms with Crippen LogP contribution >= 0.6 is 15.9 Å². The molecule has 1 N–H and O–H groups in total. The lowest BCUT2D eigenvalue weighted by Crippen LogP contribution is -2.63. The number of H-pyrrole nitrogens is 1. The van der Waals surface area contributed by atoms with Gasteiger partial charge in [0.25, 0.3) is 0 Å². The van der Waals surface area contributed by atoms with Crippen molar-refractivity contribution in [2.45, 2.75) is 31.8 Å². The van der Waals surface area contributed by atoms with E-state index < -0.39 is 6.04 Å². The Labute approximate surface area is 177 Å². The molecule has 0 bridgehead atoms. The molecule has 1 aromatic heterocycles. The fourth-order valence-corrected chi connectivity index (χ4v) is 5.04. The number of aromatic nitrogens is 1. The molecule has 1 fully saturated rings. The van der Waals surface area contributed by atoms with Crippen molar-refractivity contribution in [1.29, 1.82) is 0 Å². The number of nitrogens with zero attached hydrogens (tertiary/aromatic N) is 2. The smallest absolute Gasteiger partial charge is 0.246 e. The first-order valence-electron chi connectivity index (χ1n) is 10.0. The summed E-state index contributed by atoms with van der Waals surface area (Å²) in [4.78, 5) is 33.6. The van der Waals surface area contributed by atoms with Gasteiger partial charge >= 0.3 is 0 Å². The number of benzene rings is 2. The number of hydrogen-bond donors (Lipinski definition) is 1. The molecule has 2 aromatic carbocycles. The van der Waals surface area contributed by atoms with E-state index in [1.165, 1.54) is 0 Å². The predicted octanol–water partition coefficient (Wildman–Crippen LogP) is 4.03. The summed E-state index contributed by atoms with van der Waals surface area (Å²) in [7, 11) is 0. The van der Waals surface area contributed by atoms with Crippen LogP contribution in [0.15, 0.2) is 53.0 Å². The van der Waals surface area contributed by atoms with Crippen molar-refractivity contribution >= 4 is 38.6 Å². The van der Waals surface area contributed by atoms with Gasteiger partial charge in [0.05, 0.1) is 12.6 Å². The highest BCUT2D eigenvalue weighted by atomic mass is 79.9. The van der Waals surface area contributed by atoms with E-state index in [4.69, 9.17) is 0 Å². The highest BCUT2D eigenvalue weighted by Gasteiger charge is 2.47. The van der Waals surface area contributed by atoms with E-state index in [1.54, 1.807) is 4.90 Å². The van der Waals surface area contributed by atoms with E-state index in [-0.39, 0.29) is 24.4 Å². The Bertz CT molecular complexity index is 1110. The van der Waals surface area contributed by atoms with Gasteiger partial charge < -0.3 is 14.8 Å². The zero-order valence-corrected chi connectivity index (χ0v) is 17.8. The van der Waals surface area contributed by atoms with Crippen LogP contribution in [0.4, 0.5) is 0 Å². The van der Waals surface area contributed by atoms with Gasteiger partial charge in [-0.2, -0.15) is 0 Å². The van der Waals surface area contributed by atoms with E-state index in [9.17, 15) is 9.59 Å². The summed E-state index contributed by atoms with van der Waals surface area (Å²) in [6.45, 7) is 2.82. The summed E-state index contributed by atoms with van der Waals surface area (Å²) in [6, 6.07) is 15.5. The normalized spacial score (nSPS) is 21.4. The van der Waals surface area contributed by atoms with E-state index in [1.807, 2.05) is 48.2 Å². The number of halogens is 1. The molecule has 2 atom stereocenters. The second-order valence-electron chi connectivity index (χ2n) is 7.80. The van der Waals surface area contributed by atoms with E-state index >= 15 is 0 Å². The quantitative estimate of drug-likeness (QED) is 0.653. The maximum atomic E-state index is 13.3. The molecule has 29 heavy (non-hydrogen) atoms. The second-order valence-corrected chi connectivity index (χ2v) is 8.71. The zero-order chi connectivity index (χ0) is 20.1. The molecule has 148 valence electrons. The summed E-state index contributed by atoms with van der Waals surface area (Å²) in [6.07, 6.45) is 1.40. The van der Waals surface area contributed by atoms with Crippen molar-refractivity contribution < 1.29 is 9.59 Å². The van der Waals surface area contributed by atoms with E-state index in [0.717, 1.165) is 38.6 Å². The van der Waals surface area contributed by atoms with Crippen molar-refractivity contribution in [3.05, 3.63) is 69.8 Å². The van der Waals surface area contributed by atoms with Gasteiger partial charge in [-0.25, -0.2) is 0 Å². The molecular weight excluding hydrogens is 430 g/mol. The number of fused-ring (bicyclic) bond motifs is 4. The minimum atomic E-state index is -0.455. The molecule has 1 saturated heterocycles. The van der Waals surface area contributed by atoms with Crippen molar-refractivity contribution in [3.8, 4) is 0 Å². The lowest BCUT2D eigenvalue weighted by atomic mass is 9.86. The van der Waals surface area contributed by atoms with E-state index in [2.05, 4.69) is 33.0 Å². The Hall–Kier alpha value is -2.60.